The van der Waals surface area contributed by atoms with Crippen LogP contribution in [0.25, 0.3) is 0 Å². The molecule has 0 amide bonds. The number of allylic oxidation sites excluding steroid dienone is 1. The van der Waals surface area contributed by atoms with E-state index in [9.17, 15) is 0 Å². The van der Waals surface area contributed by atoms with Gasteiger partial charge in [-0.15, -0.1) is 0 Å². The Labute approximate surface area is 139 Å². The van der Waals surface area contributed by atoms with Crippen LogP contribution >= 0.6 is 0 Å². The Morgan fingerprint density at radius 3 is 2.27 bits per heavy atom. The summed E-state index contributed by atoms with van der Waals surface area (Å²) in [5.74, 6) is 0. The summed E-state index contributed by atoms with van der Waals surface area (Å²) in [5.41, 5.74) is 0. The number of ether oxygens (including phenoxy) is 1. The minimum absolute atomic E-state index is 0.546. The third kappa shape index (κ3) is 11.3. The summed E-state index contributed by atoms with van der Waals surface area (Å²) < 4.78 is 5.71. The molecule has 0 spiro atoms. The summed E-state index contributed by atoms with van der Waals surface area (Å²) >= 11 is 0. The Kier molecular flexibility index (Phi) is 11.8. The zero-order valence-electron chi connectivity index (χ0n) is 15.4. The lowest BCUT2D eigenvalue weighted by Crippen LogP contribution is -2.12. The summed E-state index contributed by atoms with van der Waals surface area (Å²) in [4.78, 5) is 2.28. The van der Waals surface area contributed by atoms with Crippen molar-refractivity contribution in [1.29, 1.82) is 0 Å². The van der Waals surface area contributed by atoms with Crippen molar-refractivity contribution in [2.24, 2.45) is 0 Å². The maximum atomic E-state index is 5.71. The van der Waals surface area contributed by atoms with Crippen LogP contribution in [0.15, 0.2) is 12.2 Å². The average Bonchev–Trinajstić information content (AvgIpc) is 3.23. The zero-order chi connectivity index (χ0) is 16.0. The first-order chi connectivity index (χ1) is 10.7. The molecule has 0 N–H and O–H groups in total. The number of epoxide rings is 1. The summed E-state index contributed by atoms with van der Waals surface area (Å²) in [6.07, 6.45) is 21.9. The zero-order valence-corrected chi connectivity index (χ0v) is 15.4. The Hall–Kier alpha value is -0.340. The van der Waals surface area contributed by atoms with E-state index in [1.165, 1.54) is 77.2 Å². The van der Waals surface area contributed by atoms with Gasteiger partial charge >= 0.3 is 0 Å². The fourth-order valence-corrected chi connectivity index (χ4v) is 2.98. The minimum atomic E-state index is 0.546. The van der Waals surface area contributed by atoms with Crippen LogP contribution in [0.4, 0.5) is 0 Å². The molecule has 0 bridgehead atoms. The Morgan fingerprint density at radius 1 is 0.818 bits per heavy atom. The fraction of sp³-hybridized carbons (Fsp3) is 0.900. The highest BCUT2D eigenvalue weighted by molar-refractivity contribution is 4.93. The molecule has 130 valence electrons. The van der Waals surface area contributed by atoms with Crippen molar-refractivity contribution in [3.8, 4) is 0 Å². The maximum Gasteiger partial charge on any atom is 0.0876 e. The highest BCUT2D eigenvalue weighted by Gasteiger charge is 2.36. The van der Waals surface area contributed by atoms with Crippen molar-refractivity contribution in [2.45, 2.75) is 96.2 Å². The average molecular weight is 310 g/mol. The van der Waals surface area contributed by atoms with E-state index in [1.54, 1.807) is 0 Å². The molecular weight excluding hydrogens is 270 g/mol. The van der Waals surface area contributed by atoms with Gasteiger partial charge in [0.2, 0.25) is 0 Å². The van der Waals surface area contributed by atoms with Gasteiger partial charge in [-0.25, -0.2) is 0 Å². The van der Waals surface area contributed by atoms with Gasteiger partial charge in [0, 0.05) is 0 Å². The number of hydrogen-bond donors (Lipinski definition) is 0. The lowest BCUT2D eigenvalue weighted by atomic mass is 10.1. The molecule has 22 heavy (non-hydrogen) atoms. The highest BCUT2D eigenvalue weighted by atomic mass is 16.6. The van der Waals surface area contributed by atoms with Crippen LogP contribution in [-0.4, -0.2) is 37.7 Å². The van der Waals surface area contributed by atoms with E-state index in [2.05, 4.69) is 38.1 Å². The minimum Gasteiger partial charge on any atom is -0.369 e. The molecule has 0 saturated carbocycles. The monoisotopic (exact) mass is 309 g/mol. The van der Waals surface area contributed by atoms with Gasteiger partial charge in [-0.3, -0.25) is 0 Å². The predicted octanol–water partition coefficient (Wildman–Crippen LogP) is 5.57. The Morgan fingerprint density at radius 2 is 1.55 bits per heavy atom. The molecule has 1 saturated heterocycles. The lowest BCUT2D eigenvalue weighted by molar-refractivity contribution is 0.359. The molecule has 0 radical (unpaired) electrons. The summed E-state index contributed by atoms with van der Waals surface area (Å²) in [6, 6.07) is 0. The molecule has 0 aromatic carbocycles. The molecular formula is C20H39NO. The quantitative estimate of drug-likeness (QED) is 0.223. The van der Waals surface area contributed by atoms with E-state index < -0.39 is 0 Å². The van der Waals surface area contributed by atoms with Gasteiger partial charge in [0.25, 0.3) is 0 Å². The van der Waals surface area contributed by atoms with Gasteiger partial charge < -0.3 is 9.64 Å². The third-order valence-corrected chi connectivity index (χ3v) is 4.54. The SMILES string of the molecule is CCCCC[C@H]1O[C@H]1C/C=C\CCCCCCCCN(C)C. The fourth-order valence-electron chi connectivity index (χ4n) is 2.98. The molecule has 1 aliphatic heterocycles. The Balaban J connectivity index is 1.78. The molecule has 1 aliphatic rings. The van der Waals surface area contributed by atoms with E-state index >= 15 is 0 Å². The number of unbranched alkanes of at least 4 members (excludes halogenated alkanes) is 8. The molecule has 1 rings (SSSR count). The first-order valence-electron chi connectivity index (χ1n) is 9.69. The van der Waals surface area contributed by atoms with Crippen LogP contribution in [0, 0.1) is 0 Å². The molecule has 0 aromatic rings. The van der Waals surface area contributed by atoms with E-state index in [4.69, 9.17) is 4.74 Å². The molecule has 2 nitrogen and oxygen atoms in total. The topological polar surface area (TPSA) is 15.8 Å². The van der Waals surface area contributed by atoms with E-state index in [0.717, 1.165) is 6.42 Å². The molecule has 1 fully saturated rings. The first kappa shape index (κ1) is 19.7. The lowest BCUT2D eigenvalue weighted by Gasteiger charge is -2.08. The van der Waals surface area contributed by atoms with Crippen LogP contribution in [0.2, 0.25) is 0 Å². The molecule has 2 heteroatoms. The van der Waals surface area contributed by atoms with Crippen molar-refractivity contribution in [1.82, 2.24) is 4.90 Å². The van der Waals surface area contributed by atoms with Crippen molar-refractivity contribution in [3.63, 3.8) is 0 Å². The number of nitrogens with zero attached hydrogens (tertiary/aromatic N) is 1. The second-order valence-electron chi connectivity index (χ2n) is 7.13. The second kappa shape index (κ2) is 13.1. The van der Waals surface area contributed by atoms with Crippen LogP contribution in [-0.2, 0) is 4.74 Å². The van der Waals surface area contributed by atoms with E-state index in [-0.39, 0.29) is 0 Å². The Bertz CT molecular complexity index is 275. The van der Waals surface area contributed by atoms with Gasteiger partial charge in [0.1, 0.15) is 0 Å². The van der Waals surface area contributed by atoms with Gasteiger partial charge in [-0.05, 0) is 52.7 Å². The number of hydrogen-bond acceptors (Lipinski definition) is 2. The maximum absolute atomic E-state index is 5.71. The third-order valence-electron chi connectivity index (χ3n) is 4.54. The normalized spacial score (nSPS) is 21.1. The molecule has 0 aliphatic carbocycles. The van der Waals surface area contributed by atoms with Gasteiger partial charge in [-0.1, -0.05) is 64.0 Å². The van der Waals surface area contributed by atoms with Crippen molar-refractivity contribution in [3.05, 3.63) is 12.2 Å². The van der Waals surface area contributed by atoms with Gasteiger partial charge in [0.05, 0.1) is 12.2 Å². The van der Waals surface area contributed by atoms with Gasteiger partial charge in [-0.2, -0.15) is 0 Å². The standard InChI is InChI=1S/C20H39NO/c1-4-5-13-16-19-20(22-19)17-14-11-9-7-6-8-10-12-15-18-21(2)3/h11,14,19-20H,4-10,12-13,15-18H2,1-3H3/b14-11-/t19-,20+/m1/s1. The predicted molar refractivity (Wildman–Crippen MR) is 97.4 cm³/mol. The summed E-state index contributed by atoms with van der Waals surface area (Å²) in [7, 11) is 4.32. The molecule has 0 unspecified atom stereocenters. The molecule has 1 heterocycles. The first-order valence-corrected chi connectivity index (χ1v) is 9.69. The summed E-state index contributed by atoms with van der Waals surface area (Å²) in [6.45, 7) is 3.50. The van der Waals surface area contributed by atoms with E-state index in [0.29, 0.717) is 12.2 Å². The van der Waals surface area contributed by atoms with Crippen LogP contribution < -0.4 is 0 Å². The molecule has 2 atom stereocenters. The molecule has 0 aromatic heterocycles. The highest BCUT2D eigenvalue weighted by Crippen LogP contribution is 2.30. The second-order valence-corrected chi connectivity index (χ2v) is 7.13. The van der Waals surface area contributed by atoms with Crippen molar-refractivity contribution in [2.75, 3.05) is 20.6 Å². The van der Waals surface area contributed by atoms with Crippen LogP contribution in [0.5, 0.6) is 0 Å². The van der Waals surface area contributed by atoms with Crippen molar-refractivity contribution >= 4 is 0 Å². The van der Waals surface area contributed by atoms with Crippen molar-refractivity contribution < 1.29 is 4.74 Å². The smallest absolute Gasteiger partial charge is 0.0876 e. The summed E-state index contributed by atoms with van der Waals surface area (Å²) in [5, 5.41) is 0. The number of rotatable bonds is 15. The largest absolute Gasteiger partial charge is 0.369 e. The van der Waals surface area contributed by atoms with Gasteiger partial charge in [0.15, 0.2) is 0 Å². The van der Waals surface area contributed by atoms with Crippen LogP contribution in [0.3, 0.4) is 0 Å². The van der Waals surface area contributed by atoms with E-state index in [1.807, 2.05) is 0 Å². The van der Waals surface area contributed by atoms with Crippen LogP contribution in [0.1, 0.15) is 84.0 Å².